The van der Waals surface area contributed by atoms with E-state index in [4.69, 9.17) is 0 Å². The van der Waals surface area contributed by atoms with E-state index >= 15 is 0 Å². The van der Waals surface area contributed by atoms with Crippen molar-refractivity contribution in [2.75, 3.05) is 45.2 Å². The van der Waals surface area contributed by atoms with Gasteiger partial charge in [-0.15, -0.1) is 0 Å². The maximum Gasteiger partial charge on any atom is 0.00692 e. The van der Waals surface area contributed by atoms with Crippen molar-refractivity contribution in [3.8, 4) is 0 Å². The molecule has 0 aliphatic carbocycles. The summed E-state index contributed by atoms with van der Waals surface area (Å²) in [5.41, 5.74) is 0. The fraction of sp³-hybridized carbons (Fsp3) is 1.00. The standard InChI is InChI=1S/C10H22N2S/c1-12(7-8-13-2)6-4-10-3-5-11-9-10/h10-11H,3-9H2,1-2H3. The highest BCUT2D eigenvalue weighted by atomic mass is 32.2. The van der Waals surface area contributed by atoms with Crippen molar-refractivity contribution < 1.29 is 0 Å². The second kappa shape index (κ2) is 6.68. The molecular formula is C10H22N2S. The Hall–Kier alpha value is 0.270. The third-order valence-corrected chi connectivity index (χ3v) is 3.35. The molecule has 1 aliphatic rings. The van der Waals surface area contributed by atoms with Gasteiger partial charge in [-0.1, -0.05) is 0 Å². The van der Waals surface area contributed by atoms with E-state index in [1.54, 1.807) is 0 Å². The van der Waals surface area contributed by atoms with Gasteiger partial charge in [0, 0.05) is 12.3 Å². The fourth-order valence-corrected chi connectivity index (χ4v) is 2.22. The molecule has 0 radical (unpaired) electrons. The maximum absolute atomic E-state index is 3.42. The fourth-order valence-electron chi connectivity index (χ4n) is 1.72. The predicted octanol–water partition coefficient (Wildman–Crippen LogP) is 1.28. The van der Waals surface area contributed by atoms with Gasteiger partial charge in [-0.25, -0.2) is 0 Å². The molecule has 0 saturated carbocycles. The van der Waals surface area contributed by atoms with Gasteiger partial charge in [0.1, 0.15) is 0 Å². The molecule has 78 valence electrons. The number of rotatable bonds is 6. The first-order valence-corrected chi connectivity index (χ1v) is 6.60. The molecule has 1 unspecified atom stereocenters. The summed E-state index contributed by atoms with van der Waals surface area (Å²) < 4.78 is 0. The monoisotopic (exact) mass is 202 g/mol. The molecule has 3 heteroatoms. The van der Waals surface area contributed by atoms with E-state index in [2.05, 4.69) is 23.5 Å². The molecule has 1 fully saturated rings. The van der Waals surface area contributed by atoms with Gasteiger partial charge >= 0.3 is 0 Å². The number of thioether (sulfide) groups is 1. The van der Waals surface area contributed by atoms with Crippen molar-refractivity contribution in [3.05, 3.63) is 0 Å². The number of nitrogens with zero attached hydrogens (tertiary/aromatic N) is 1. The lowest BCUT2D eigenvalue weighted by Gasteiger charge is -2.17. The minimum atomic E-state index is 0.941. The van der Waals surface area contributed by atoms with Gasteiger partial charge < -0.3 is 10.2 Å². The van der Waals surface area contributed by atoms with Crippen LogP contribution >= 0.6 is 11.8 Å². The first-order valence-electron chi connectivity index (χ1n) is 5.21. The summed E-state index contributed by atoms with van der Waals surface area (Å²) in [6.07, 6.45) is 4.93. The van der Waals surface area contributed by atoms with Gasteiger partial charge in [-0.3, -0.25) is 0 Å². The zero-order chi connectivity index (χ0) is 9.52. The zero-order valence-corrected chi connectivity index (χ0v) is 9.70. The zero-order valence-electron chi connectivity index (χ0n) is 8.88. The summed E-state index contributed by atoms with van der Waals surface area (Å²) in [5.74, 6) is 2.20. The van der Waals surface area contributed by atoms with E-state index in [0.717, 1.165) is 5.92 Å². The molecule has 0 bridgehead atoms. The Labute approximate surface area is 86.5 Å². The summed E-state index contributed by atoms with van der Waals surface area (Å²) in [6.45, 7) is 4.99. The molecule has 0 aromatic carbocycles. The van der Waals surface area contributed by atoms with E-state index in [1.165, 1.54) is 44.8 Å². The first kappa shape index (κ1) is 11.3. The maximum atomic E-state index is 3.42. The summed E-state index contributed by atoms with van der Waals surface area (Å²) in [7, 11) is 2.23. The molecular weight excluding hydrogens is 180 g/mol. The highest BCUT2D eigenvalue weighted by Crippen LogP contribution is 2.12. The third-order valence-electron chi connectivity index (χ3n) is 2.76. The number of hydrogen-bond acceptors (Lipinski definition) is 3. The normalized spacial score (nSPS) is 22.8. The van der Waals surface area contributed by atoms with Gasteiger partial charge in [0.05, 0.1) is 0 Å². The van der Waals surface area contributed by atoms with Crippen molar-refractivity contribution in [3.63, 3.8) is 0 Å². The predicted molar refractivity (Wildman–Crippen MR) is 61.5 cm³/mol. The van der Waals surface area contributed by atoms with Gasteiger partial charge in [0.15, 0.2) is 0 Å². The van der Waals surface area contributed by atoms with Crippen molar-refractivity contribution >= 4 is 11.8 Å². The van der Waals surface area contributed by atoms with Gasteiger partial charge in [0.25, 0.3) is 0 Å². The van der Waals surface area contributed by atoms with Crippen molar-refractivity contribution in [2.24, 2.45) is 5.92 Å². The Kier molecular flexibility index (Phi) is 5.83. The van der Waals surface area contributed by atoms with Crippen LogP contribution in [-0.4, -0.2) is 50.1 Å². The lowest BCUT2D eigenvalue weighted by atomic mass is 10.1. The average Bonchev–Trinajstić information content (AvgIpc) is 2.64. The Morgan fingerprint density at radius 3 is 2.92 bits per heavy atom. The largest absolute Gasteiger partial charge is 0.316 e. The molecule has 0 aromatic rings. The van der Waals surface area contributed by atoms with Gasteiger partial charge in [0.2, 0.25) is 0 Å². The summed E-state index contributed by atoms with van der Waals surface area (Å²) in [5, 5.41) is 3.42. The smallest absolute Gasteiger partial charge is 0.00692 e. The molecule has 1 aliphatic heterocycles. The first-order chi connectivity index (χ1) is 6.33. The van der Waals surface area contributed by atoms with Crippen molar-refractivity contribution in [1.29, 1.82) is 0 Å². The van der Waals surface area contributed by atoms with Crippen LogP contribution in [0.5, 0.6) is 0 Å². The highest BCUT2D eigenvalue weighted by Gasteiger charge is 2.14. The molecule has 0 amide bonds. The van der Waals surface area contributed by atoms with E-state index < -0.39 is 0 Å². The lowest BCUT2D eigenvalue weighted by Crippen LogP contribution is -2.24. The van der Waals surface area contributed by atoms with Gasteiger partial charge in [-0.2, -0.15) is 11.8 Å². The lowest BCUT2D eigenvalue weighted by molar-refractivity contribution is 0.321. The topological polar surface area (TPSA) is 15.3 Å². The van der Waals surface area contributed by atoms with Crippen LogP contribution in [0.2, 0.25) is 0 Å². The molecule has 13 heavy (non-hydrogen) atoms. The summed E-state index contributed by atoms with van der Waals surface area (Å²) >= 11 is 1.93. The van der Waals surface area contributed by atoms with E-state index in [1.807, 2.05) is 11.8 Å². The van der Waals surface area contributed by atoms with Crippen LogP contribution in [0.1, 0.15) is 12.8 Å². The average molecular weight is 202 g/mol. The van der Waals surface area contributed by atoms with E-state index in [0.29, 0.717) is 0 Å². The van der Waals surface area contributed by atoms with Crippen molar-refractivity contribution in [2.45, 2.75) is 12.8 Å². The third kappa shape index (κ3) is 4.89. The van der Waals surface area contributed by atoms with Crippen LogP contribution in [0, 0.1) is 5.92 Å². The Morgan fingerprint density at radius 1 is 1.46 bits per heavy atom. The summed E-state index contributed by atoms with van der Waals surface area (Å²) in [4.78, 5) is 2.45. The van der Waals surface area contributed by atoms with E-state index in [9.17, 15) is 0 Å². The quantitative estimate of drug-likeness (QED) is 0.698. The molecule has 1 atom stereocenters. The van der Waals surface area contributed by atoms with Crippen LogP contribution in [0.4, 0.5) is 0 Å². The highest BCUT2D eigenvalue weighted by molar-refractivity contribution is 7.98. The second-order valence-electron chi connectivity index (χ2n) is 3.94. The van der Waals surface area contributed by atoms with E-state index in [-0.39, 0.29) is 0 Å². The Bertz CT molecular complexity index is 124. The minimum Gasteiger partial charge on any atom is -0.316 e. The molecule has 0 aromatic heterocycles. The van der Waals surface area contributed by atoms with Crippen LogP contribution in [0.25, 0.3) is 0 Å². The van der Waals surface area contributed by atoms with Crippen LogP contribution < -0.4 is 5.32 Å². The molecule has 1 heterocycles. The molecule has 0 spiro atoms. The van der Waals surface area contributed by atoms with Gasteiger partial charge in [-0.05, 0) is 51.7 Å². The second-order valence-corrected chi connectivity index (χ2v) is 4.93. The molecule has 1 rings (SSSR count). The van der Waals surface area contributed by atoms with Crippen molar-refractivity contribution in [1.82, 2.24) is 10.2 Å². The molecule has 2 nitrogen and oxygen atoms in total. The Morgan fingerprint density at radius 2 is 2.31 bits per heavy atom. The Balaban J connectivity index is 1.97. The molecule has 1 N–H and O–H groups in total. The number of nitrogens with one attached hydrogen (secondary N) is 1. The SMILES string of the molecule is CSCCN(C)CCC1CCNC1. The number of hydrogen-bond donors (Lipinski definition) is 1. The minimum absolute atomic E-state index is 0.941. The van der Waals surface area contributed by atoms with Crippen LogP contribution in [0.15, 0.2) is 0 Å². The molecule has 1 saturated heterocycles. The van der Waals surface area contributed by atoms with Crippen LogP contribution in [0.3, 0.4) is 0 Å². The summed E-state index contributed by atoms with van der Waals surface area (Å²) in [6, 6.07) is 0. The van der Waals surface area contributed by atoms with Crippen LogP contribution in [-0.2, 0) is 0 Å².